The van der Waals surface area contributed by atoms with Crippen LogP contribution in [0.25, 0.3) is 0 Å². The lowest BCUT2D eigenvalue weighted by molar-refractivity contribution is 0.306. The lowest BCUT2D eigenvalue weighted by atomic mass is 10.2. The van der Waals surface area contributed by atoms with Crippen molar-refractivity contribution < 1.29 is 13.2 Å². The van der Waals surface area contributed by atoms with E-state index >= 15 is 0 Å². The second kappa shape index (κ2) is 9.31. The van der Waals surface area contributed by atoms with E-state index in [1.807, 2.05) is 30.3 Å². The summed E-state index contributed by atoms with van der Waals surface area (Å²) in [5, 5.41) is 3.88. The molecule has 0 heterocycles. The molecule has 0 radical (unpaired) electrons. The molecule has 0 bridgehead atoms. The Morgan fingerprint density at radius 3 is 2.24 bits per heavy atom. The first-order chi connectivity index (χ1) is 13.8. The van der Waals surface area contributed by atoms with Crippen molar-refractivity contribution in [2.75, 3.05) is 0 Å². The van der Waals surface area contributed by atoms with Gasteiger partial charge in [0.2, 0.25) is 0 Å². The van der Waals surface area contributed by atoms with Gasteiger partial charge in [0.25, 0.3) is 10.0 Å². The number of halogens is 2. The third-order valence-corrected chi connectivity index (χ3v) is 6.07. The zero-order valence-electron chi connectivity index (χ0n) is 15.5. The zero-order valence-corrected chi connectivity index (χ0v) is 17.8. The molecule has 0 aliphatic carbocycles. The minimum Gasteiger partial charge on any atom is -0.489 e. The van der Waals surface area contributed by atoms with Crippen LogP contribution in [-0.4, -0.2) is 14.6 Å². The summed E-state index contributed by atoms with van der Waals surface area (Å²) in [6.07, 6.45) is 1.38. The lowest BCUT2D eigenvalue weighted by Crippen LogP contribution is -2.19. The standard InChI is InChI=1S/C21H18Cl2N2O3S/c1-15-11-19(22)21(20(23)12-15)29(26,27)25-24-13-16-7-9-18(10-8-16)28-14-17-5-3-2-4-6-17/h2-13,25H,14H2,1H3/b24-13-. The van der Waals surface area contributed by atoms with E-state index in [1.165, 1.54) is 18.3 Å². The number of sulfonamides is 1. The minimum absolute atomic E-state index is 0.0395. The molecule has 8 heteroatoms. The predicted molar refractivity (Wildman–Crippen MR) is 116 cm³/mol. The van der Waals surface area contributed by atoms with Crippen molar-refractivity contribution >= 4 is 39.4 Å². The van der Waals surface area contributed by atoms with Crippen molar-refractivity contribution in [3.8, 4) is 5.75 Å². The van der Waals surface area contributed by atoms with Gasteiger partial charge in [0.1, 0.15) is 17.3 Å². The van der Waals surface area contributed by atoms with Gasteiger partial charge in [-0.05, 0) is 60.0 Å². The van der Waals surface area contributed by atoms with Crippen LogP contribution in [0.5, 0.6) is 5.75 Å². The Morgan fingerprint density at radius 1 is 1.00 bits per heavy atom. The van der Waals surface area contributed by atoms with Gasteiger partial charge in [-0.3, -0.25) is 0 Å². The Labute approximate surface area is 180 Å². The second-order valence-electron chi connectivity index (χ2n) is 6.25. The summed E-state index contributed by atoms with van der Waals surface area (Å²) in [4.78, 5) is 1.93. The molecule has 3 aromatic rings. The van der Waals surface area contributed by atoms with Crippen molar-refractivity contribution in [1.82, 2.24) is 4.83 Å². The number of hydrogen-bond acceptors (Lipinski definition) is 4. The Bertz CT molecular complexity index is 1090. The predicted octanol–water partition coefficient (Wildman–Crippen LogP) is 5.19. The van der Waals surface area contributed by atoms with Gasteiger partial charge in [0, 0.05) is 0 Å². The van der Waals surface area contributed by atoms with Crippen LogP contribution in [0.2, 0.25) is 10.0 Å². The number of benzene rings is 3. The molecular weight excluding hydrogens is 431 g/mol. The van der Waals surface area contributed by atoms with Gasteiger partial charge in [0.05, 0.1) is 16.3 Å². The quantitative estimate of drug-likeness (QED) is 0.399. The normalized spacial score (nSPS) is 11.6. The van der Waals surface area contributed by atoms with E-state index in [2.05, 4.69) is 9.93 Å². The molecule has 0 aromatic heterocycles. The maximum absolute atomic E-state index is 12.4. The summed E-state index contributed by atoms with van der Waals surface area (Å²) in [7, 11) is -3.99. The van der Waals surface area contributed by atoms with Crippen LogP contribution in [0.1, 0.15) is 16.7 Å². The Morgan fingerprint density at radius 2 is 1.62 bits per heavy atom. The largest absolute Gasteiger partial charge is 0.489 e. The van der Waals surface area contributed by atoms with Crippen LogP contribution < -0.4 is 9.57 Å². The highest BCUT2D eigenvalue weighted by Gasteiger charge is 2.21. The first-order valence-corrected chi connectivity index (χ1v) is 10.9. The van der Waals surface area contributed by atoms with Gasteiger partial charge in [-0.2, -0.15) is 18.4 Å². The number of hydrogen-bond donors (Lipinski definition) is 1. The number of hydrazone groups is 1. The third-order valence-electron chi connectivity index (χ3n) is 3.93. The van der Waals surface area contributed by atoms with Gasteiger partial charge in [0.15, 0.2) is 0 Å². The van der Waals surface area contributed by atoms with E-state index in [0.29, 0.717) is 17.9 Å². The van der Waals surface area contributed by atoms with E-state index in [4.69, 9.17) is 27.9 Å². The van der Waals surface area contributed by atoms with E-state index in [1.54, 1.807) is 31.2 Å². The van der Waals surface area contributed by atoms with Crippen LogP contribution in [0.3, 0.4) is 0 Å². The van der Waals surface area contributed by atoms with E-state index < -0.39 is 10.0 Å². The van der Waals surface area contributed by atoms with Crippen LogP contribution in [-0.2, 0) is 16.6 Å². The van der Waals surface area contributed by atoms with Crippen LogP contribution in [0.4, 0.5) is 0 Å². The molecule has 0 unspecified atom stereocenters. The third kappa shape index (κ3) is 5.73. The van der Waals surface area contributed by atoms with Crippen molar-refractivity contribution in [1.29, 1.82) is 0 Å². The number of nitrogens with one attached hydrogen (secondary N) is 1. The number of ether oxygens (including phenoxy) is 1. The number of rotatable bonds is 7. The van der Waals surface area contributed by atoms with Crippen molar-refractivity contribution in [2.24, 2.45) is 5.10 Å². The highest BCUT2D eigenvalue weighted by molar-refractivity contribution is 7.89. The average Bonchev–Trinajstić information content (AvgIpc) is 2.67. The molecule has 0 spiro atoms. The molecular formula is C21H18Cl2N2O3S. The van der Waals surface area contributed by atoms with E-state index in [0.717, 1.165) is 11.1 Å². The number of aryl methyl sites for hydroxylation is 1. The average molecular weight is 449 g/mol. The molecule has 5 nitrogen and oxygen atoms in total. The Kier molecular flexibility index (Phi) is 6.79. The first kappa shape index (κ1) is 21.2. The monoisotopic (exact) mass is 448 g/mol. The highest BCUT2D eigenvalue weighted by Crippen LogP contribution is 2.30. The molecule has 0 amide bonds. The van der Waals surface area contributed by atoms with Crippen LogP contribution in [0.15, 0.2) is 76.7 Å². The molecule has 0 fully saturated rings. The van der Waals surface area contributed by atoms with Gasteiger partial charge < -0.3 is 4.74 Å². The zero-order chi connectivity index (χ0) is 20.9. The number of nitrogens with zero attached hydrogens (tertiary/aromatic N) is 1. The summed E-state index contributed by atoms with van der Waals surface area (Å²) >= 11 is 12.1. The van der Waals surface area contributed by atoms with Crippen molar-refractivity contribution in [2.45, 2.75) is 18.4 Å². The van der Waals surface area contributed by atoms with E-state index in [9.17, 15) is 8.42 Å². The molecule has 3 rings (SSSR count). The van der Waals surface area contributed by atoms with Gasteiger partial charge >= 0.3 is 0 Å². The molecule has 3 aromatic carbocycles. The Balaban J connectivity index is 1.63. The van der Waals surface area contributed by atoms with Crippen molar-refractivity contribution in [3.05, 3.63) is 93.5 Å². The molecule has 150 valence electrons. The fraction of sp³-hybridized carbons (Fsp3) is 0.0952. The summed E-state index contributed by atoms with van der Waals surface area (Å²) in [5.74, 6) is 0.699. The second-order valence-corrected chi connectivity index (χ2v) is 8.67. The maximum Gasteiger partial charge on any atom is 0.279 e. The molecule has 0 saturated heterocycles. The fourth-order valence-corrected chi connectivity index (χ4v) is 4.67. The topological polar surface area (TPSA) is 67.8 Å². The van der Waals surface area contributed by atoms with Gasteiger partial charge in [-0.1, -0.05) is 53.5 Å². The van der Waals surface area contributed by atoms with Crippen LogP contribution >= 0.6 is 23.2 Å². The summed E-state index contributed by atoms with van der Waals surface area (Å²) in [6, 6.07) is 20.0. The van der Waals surface area contributed by atoms with Gasteiger partial charge in [-0.15, -0.1) is 0 Å². The maximum atomic E-state index is 12.4. The van der Waals surface area contributed by atoms with Crippen molar-refractivity contribution in [3.63, 3.8) is 0 Å². The first-order valence-electron chi connectivity index (χ1n) is 8.62. The minimum atomic E-state index is -3.99. The molecule has 0 aliphatic heterocycles. The SMILES string of the molecule is Cc1cc(Cl)c(S(=O)(=O)N/N=C\c2ccc(OCc3ccccc3)cc2)c(Cl)c1. The molecule has 0 saturated carbocycles. The van der Waals surface area contributed by atoms with Gasteiger partial charge in [-0.25, -0.2) is 0 Å². The molecule has 29 heavy (non-hydrogen) atoms. The molecule has 0 atom stereocenters. The molecule has 0 aliphatic rings. The summed E-state index contributed by atoms with van der Waals surface area (Å²) in [6.45, 7) is 2.24. The van der Waals surface area contributed by atoms with E-state index in [-0.39, 0.29) is 14.9 Å². The Hall–Kier alpha value is -2.54. The fourth-order valence-electron chi connectivity index (χ4n) is 2.55. The summed E-state index contributed by atoms with van der Waals surface area (Å²) in [5.41, 5.74) is 2.53. The van der Waals surface area contributed by atoms with Crippen LogP contribution in [0, 0.1) is 6.92 Å². The highest BCUT2D eigenvalue weighted by atomic mass is 35.5. The lowest BCUT2D eigenvalue weighted by Gasteiger charge is -2.09. The molecule has 1 N–H and O–H groups in total. The smallest absolute Gasteiger partial charge is 0.279 e. The summed E-state index contributed by atoms with van der Waals surface area (Å²) < 4.78 is 30.6.